The van der Waals surface area contributed by atoms with E-state index < -0.39 is 24.7 Å². The van der Waals surface area contributed by atoms with E-state index >= 15 is 0 Å². The molecule has 1 unspecified atom stereocenters. The molecule has 2 saturated heterocycles. The summed E-state index contributed by atoms with van der Waals surface area (Å²) in [6, 6.07) is 9.68. The normalized spacial score (nSPS) is 23.2. The molecule has 1 aromatic carbocycles. The predicted octanol–water partition coefficient (Wildman–Crippen LogP) is 4.54. The van der Waals surface area contributed by atoms with Crippen LogP contribution in [0.5, 0.6) is 0 Å². The quantitative estimate of drug-likeness (QED) is 0.366. The van der Waals surface area contributed by atoms with Crippen LogP contribution in [0.1, 0.15) is 64.8 Å². The van der Waals surface area contributed by atoms with Gasteiger partial charge in [0.1, 0.15) is 17.8 Å². The molecule has 38 heavy (non-hydrogen) atoms. The second-order valence-corrected chi connectivity index (χ2v) is 11.4. The van der Waals surface area contributed by atoms with E-state index in [0.29, 0.717) is 12.2 Å². The lowest BCUT2D eigenvalue weighted by Crippen LogP contribution is -2.41. The number of aromatic nitrogens is 5. The number of benzene rings is 1. The number of piperidine rings is 1. The Balaban J connectivity index is 1.37. The summed E-state index contributed by atoms with van der Waals surface area (Å²) in [5.41, 5.74) is 0.481. The third-order valence-corrected chi connectivity index (χ3v) is 8.46. The van der Waals surface area contributed by atoms with Crippen LogP contribution in [0.3, 0.4) is 0 Å². The minimum atomic E-state index is -2.68. The van der Waals surface area contributed by atoms with Crippen LogP contribution in [0.2, 0.25) is 0 Å². The van der Waals surface area contributed by atoms with Crippen LogP contribution in [0, 0.1) is 5.92 Å². The summed E-state index contributed by atoms with van der Waals surface area (Å²) in [6.07, 6.45) is 1.37. The van der Waals surface area contributed by atoms with Crippen molar-refractivity contribution in [1.29, 1.82) is 0 Å². The number of halogens is 2. The molecule has 0 spiro atoms. The number of alkyl halides is 2. The van der Waals surface area contributed by atoms with Gasteiger partial charge in [0.2, 0.25) is 0 Å². The van der Waals surface area contributed by atoms with Gasteiger partial charge in [-0.2, -0.15) is 10.1 Å². The molecule has 0 amide bonds. The van der Waals surface area contributed by atoms with Crippen molar-refractivity contribution < 1.29 is 18.1 Å². The van der Waals surface area contributed by atoms with E-state index in [4.69, 9.17) is 14.3 Å². The maximum absolute atomic E-state index is 13.7. The Kier molecular flexibility index (Phi) is 5.91. The van der Waals surface area contributed by atoms with Gasteiger partial charge in [-0.1, -0.05) is 25.1 Å². The lowest BCUT2D eigenvalue weighted by Gasteiger charge is -2.38. The number of hydrogen-bond acceptors (Lipinski definition) is 7. The van der Waals surface area contributed by atoms with Crippen molar-refractivity contribution in [3.8, 4) is 0 Å². The van der Waals surface area contributed by atoms with Gasteiger partial charge in [-0.25, -0.2) is 23.3 Å². The molecule has 5 heterocycles. The molecule has 6 rings (SSSR count). The third kappa shape index (κ3) is 4.12. The Morgan fingerprint density at radius 1 is 1.05 bits per heavy atom. The van der Waals surface area contributed by atoms with Gasteiger partial charge in [0.15, 0.2) is 0 Å². The summed E-state index contributed by atoms with van der Waals surface area (Å²) in [6.45, 7) is 11.7. The van der Waals surface area contributed by atoms with E-state index in [1.54, 1.807) is 4.52 Å². The molecule has 3 aromatic heterocycles. The van der Waals surface area contributed by atoms with E-state index in [0.717, 1.165) is 35.0 Å². The van der Waals surface area contributed by atoms with Crippen molar-refractivity contribution >= 4 is 34.9 Å². The number of rotatable bonds is 4. The first-order valence-electron chi connectivity index (χ1n) is 13.0. The van der Waals surface area contributed by atoms with Gasteiger partial charge in [-0.15, -0.1) is 0 Å². The fraction of sp³-hybridized carbons (Fsp3) is 0.481. The standard InChI is InChI=1S/C27H31BF2N6O2/c1-16-9-11-35(14-20(16)22-13-21(23(29)30)34-25-32-15-33-36(22)25)24-19-12-18(7-6-17(19)8-10-31-24)28-37-26(2,3)27(4,5)38-28/h6-8,10,12-13,15-16,20,23H,9,11,14H2,1-5H3/t16-,20?/m1/s1. The van der Waals surface area contributed by atoms with Gasteiger partial charge in [0.25, 0.3) is 12.2 Å². The smallest absolute Gasteiger partial charge is 0.399 e. The molecule has 8 nitrogen and oxygen atoms in total. The Labute approximate surface area is 220 Å². The van der Waals surface area contributed by atoms with Crippen LogP contribution in [-0.2, 0) is 9.31 Å². The number of nitrogens with zero attached hydrogens (tertiary/aromatic N) is 6. The van der Waals surface area contributed by atoms with Crippen LogP contribution in [0.15, 0.2) is 42.9 Å². The van der Waals surface area contributed by atoms with Crippen molar-refractivity contribution in [2.45, 2.75) is 64.6 Å². The Bertz CT molecular complexity index is 1490. The Morgan fingerprint density at radius 2 is 1.82 bits per heavy atom. The van der Waals surface area contributed by atoms with E-state index in [2.05, 4.69) is 39.0 Å². The van der Waals surface area contributed by atoms with Crippen molar-refractivity contribution in [2.24, 2.45) is 5.92 Å². The average Bonchev–Trinajstić information content (AvgIpc) is 3.44. The number of fused-ring (bicyclic) bond motifs is 2. The molecule has 0 bridgehead atoms. The first-order valence-corrected chi connectivity index (χ1v) is 13.0. The summed E-state index contributed by atoms with van der Waals surface area (Å²) < 4.78 is 41.5. The van der Waals surface area contributed by atoms with Crippen LogP contribution in [0.25, 0.3) is 16.6 Å². The Hall–Kier alpha value is -3.18. The highest BCUT2D eigenvalue weighted by atomic mass is 19.3. The highest BCUT2D eigenvalue weighted by molar-refractivity contribution is 6.62. The highest BCUT2D eigenvalue weighted by Gasteiger charge is 2.51. The summed E-state index contributed by atoms with van der Waals surface area (Å²) in [7, 11) is -0.475. The van der Waals surface area contributed by atoms with Gasteiger partial charge < -0.3 is 14.2 Å². The first kappa shape index (κ1) is 25.1. The van der Waals surface area contributed by atoms with Crippen molar-refractivity contribution in [3.05, 3.63) is 54.2 Å². The molecule has 0 N–H and O–H groups in total. The highest BCUT2D eigenvalue weighted by Crippen LogP contribution is 2.38. The zero-order chi connectivity index (χ0) is 26.8. The molecule has 198 valence electrons. The second kappa shape index (κ2) is 8.95. The number of hydrogen-bond donors (Lipinski definition) is 0. The van der Waals surface area contributed by atoms with Gasteiger partial charge in [0.05, 0.1) is 16.9 Å². The van der Waals surface area contributed by atoms with E-state index in [1.807, 2.05) is 46.0 Å². The zero-order valence-corrected chi connectivity index (χ0v) is 22.2. The summed E-state index contributed by atoms with van der Waals surface area (Å²) in [5, 5.41) is 6.36. The average molecular weight is 520 g/mol. The molecule has 0 radical (unpaired) electrons. The second-order valence-electron chi connectivity index (χ2n) is 11.4. The van der Waals surface area contributed by atoms with Gasteiger partial charge in [0, 0.05) is 30.6 Å². The van der Waals surface area contributed by atoms with Crippen LogP contribution >= 0.6 is 0 Å². The van der Waals surface area contributed by atoms with Gasteiger partial charge in [-0.05, 0) is 63.0 Å². The molecule has 0 saturated carbocycles. The molecule has 2 aliphatic heterocycles. The largest absolute Gasteiger partial charge is 0.494 e. The van der Waals surface area contributed by atoms with Crippen molar-refractivity contribution in [1.82, 2.24) is 24.6 Å². The molecule has 2 fully saturated rings. The fourth-order valence-electron chi connectivity index (χ4n) is 5.43. The Morgan fingerprint density at radius 3 is 2.55 bits per heavy atom. The zero-order valence-electron chi connectivity index (χ0n) is 22.2. The van der Waals surface area contributed by atoms with Crippen molar-refractivity contribution in [3.63, 3.8) is 0 Å². The van der Waals surface area contributed by atoms with E-state index in [-0.39, 0.29) is 23.3 Å². The molecule has 4 aromatic rings. The lowest BCUT2D eigenvalue weighted by molar-refractivity contribution is 0.00578. The number of pyridine rings is 1. The molecule has 11 heteroatoms. The first-order chi connectivity index (χ1) is 18.0. The molecular formula is C27H31BF2N6O2. The van der Waals surface area contributed by atoms with Crippen LogP contribution in [0.4, 0.5) is 14.6 Å². The van der Waals surface area contributed by atoms with Crippen LogP contribution in [-0.4, -0.2) is 56.0 Å². The lowest BCUT2D eigenvalue weighted by atomic mass is 9.78. The number of anilines is 1. The van der Waals surface area contributed by atoms with E-state index in [1.165, 1.54) is 12.4 Å². The molecule has 2 aliphatic rings. The van der Waals surface area contributed by atoms with Gasteiger partial charge >= 0.3 is 7.12 Å². The monoisotopic (exact) mass is 520 g/mol. The maximum atomic E-state index is 13.7. The molecular weight excluding hydrogens is 489 g/mol. The van der Waals surface area contributed by atoms with Gasteiger partial charge in [-0.3, -0.25) is 0 Å². The SMILES string of the molecule is C[C@@H]1CCN(c2nccc3ccc(B4OC(C)(C)C(C)(C)O4)cc23)CC1c1cc(C(F)F)nc2ncnn12. The maximum Gasteiger partial charge on any atom is 0.494 e. The minimum Gasteiger partial charge on any atom is -0.399 e. The summed E-state index contributed by atoms with van der Waals surface area (Å²) >= 11 is 0. The van der Waals surface area contributed by atoms with Crippen LogP contribution < -0.4 is 10.4 Å². The van der Waals surface area contributed by atoms with E-state index in [9.17, 15) is 8.78 Å². The summed E-state index contributed by atoms with van der Waals surface area (Å²) in [4.78, 5) is 15.1. The topological polar surface area (TPSA) is 77.7 Å². The third-order valence-electron chi connectivity index (χ3n) is 8.46. The molecule has 2 atom stereocenters. The van der Waals surface area contributed by atoms with Crippen molar-refractivity contribution in [2.75, 3.05) is 18.0 Å². The molecule has 0 aliphatic carbocycles. The summed E-state index contributed by atoms with van der Waals surface area (Å²) in [5.74, 6) is 1.24. The minimum absolute atomic E-state index is 0.0585. The fourth-order valence-corrected chi connectivity index (χ4v) is 5.43. The predicted molar refractivity (Wildman–Crippen MR) is 142 cm³/mol.